The first-order chi connectivity index (χ1) is 8.60. The summed E-state index contributed by atoms with van der Waals surface area (Å²) in [5.74, 6) is -1.57. The molecule has 100 valence electrons. The van der Waals surface area contributed by atoms with Crippen molar-refractivity contribution < 1.29 is 19.8 Å². The summed E-state index contributed by atoms with van der Waals surface area (Å²) in [5.41, 5.74) is -0.343. The van der Waals surface area contributed by atoms with Crippen molar-refractivity contribution in [2.24, 2.45) is 5.92 Å². The maximum atomic E-state index is 11.7. The Bertz CT molecular complexity index is 416. The number of aliphatic hydroxyl groups excluding tert-OH is 1. The Morgan fingerprint density at radius 2 is 2.28 bits per heavy atom. The van der Waals surface area contributed by atoms with Crippen LogP contribution < -0.4 is 5.32 Å². The second kappa shape index (κ2) is 6.75. The standard InChI is InChI=1S/C11H17N3O4/c1-2-7(3-4-15)5-12-10(16)8-9(11(17)18)14-6-13-8/h6-7,15H,2-5H2,1H3,(H,12,16)(H,13,14)(H,17,18). The lowest BCUT2D eigenvalue weighted by Gasteiger charge is -2.13. The van der Waals surface area contributed by atoms with Crippen LogP contribution in [0.25, 0.3) is 0 Å². The van der Waals surface area contributed by atoms with Crippen LogP contribution in [-0.2, 0) is 0 Å². The molecule has 7 heteroatoms. The molecule has 0 fully saturated rings. The third-order valence-corrected chi connectivity index (χ3v) is 2.73. The number of carbonyl (C=O) groups is 2. The van der Waals surface area contributed by atoms with E-state index in [1.807, 2.05) is 6.92 Å². The van der Waals surface area contributed by atoms with Gasteiger partial charge in [0.2, 0.25) is 0 Å². The summed E-state index contributed by atoms with van der Waals surface area (Å²) in [5, 5.41) is 20.3. The van der Waals surface area contributed by atoms with Crippen LogP contribution in [0.1, 0.15) is 40.7 Å². The third-order valence-electron chi connectivity index (χ3n) is 2.73. The highest BCUT2D eigenvalue weighted by Crippen LogP contribution is 2.07. The summed E-state index contributed by atoms with van der Waals surface area (Å²) in [6.45, 7) is 2.42. The van der Waals surface area contributed by atoms with Crippen molar-refractivity contribution in [3.05, 3.63) is 17.7 Å². The summed E-state index contributed by atoms with van der Waals surface area (Å²) in [7, 11) is 0. The van der Waals surface area contributed by atoms with Crippen LogP contribution in [0.2, 0.25) is 0 Å². The van der Waals surface area contributed by atoms with Crippen LogP contribution in [0, 0.1) is 5.92 Å². The van der Waals surface area contributed by atoms with E-state index >= 15 is 0 Å². The van der Waals surface area contributed by atoms with Crippen molar-refractivity contribution in [3.63, 3.8) is 0 Å². The van der Waals surface area contributed by atoms with E-state index in [0.717, 1.165) is 6.42 Å². The molecule has 1 aromatic rings. The number of nitrogens with one attached hydrogen (secondary N) is 2. The van der Waals surface area contributed by atoms with E-state index in [1.54, 1.807) is 0 Å². The lowest BCUT2D eigenvalue weighted by molar-refractivity contribution is 0.0685. The molecule has 0 aliphatic rings. The molecule has 7 nitrogen and oxygen atoms in total. The lowest BCUT2D eigenvalue weighted by Crippen LogP contribution is -2.30. The molecule has 1 heterocycles. The van der Waals surface area contributed by atoms with Gasteiger partial charge in [-0.1, -0.05) is 13.3 Å². The number of aromatic amines is 1. The number of carboxylic acids is 1. The molecule has 1 aromatic heterocycles. The molecule has 0 radical (unpaired) electrons. The quantitative estimate of drug-likeness (QED) is 0.557. The fourth-order valence-electron chi connectivity index (χ4n) is 1.58. The Kier molecular flexibility index (Phi) is 5.31. The number of imidazole rings is 1. The number of aromatic carboxylic acids is 1. The van der Waals surface area contributed by atoms with E-state index in [0.29, 0.717) is 13.0 Å². The van der Waals surface area contributed by atoms with Crippen LogP contribution in [-0.4, -0.2) is 45.2 Å². The normalized spacial score (nSPS) is 12.1. The topological polar surface area (TPSA) is 115 Å². The maximum absolute atomic E-state index is 11.7. The van der Waals surface area contributed by atoms with Crippen LogP contribution in [0.4, 0.5) is 0 Å². The SMILES string of the molecule is CCC(CCO)CNC(=O)c1nc[nH]c1C(=O)O. The number of hydrogen-bond donors (Lipinski definition) is 4. The molecule has 1 atom stereocenters. The molecule has 18 heavy (non-hydrogen) atoms. The first-order valence-electron chi connectivity index (χ1n) is 5.75. The van der Waals surface area contributed by atoms with Crippen LogP contribution in [0.3, 0.4) is 0 Å². The average Bonchev–Trinajstić information content (AvgIpc) is 2.83. The van der Waals surface area contributed by atoms with Gasteiger partial charge in [-0.2, -0.15) is 0 Å². The maximum Gasteiger partial charge on any atom is 0.354 e. The molecule has 1 rings (SSSR count). The van der Waals surface area contributed by atoms with Crippen molar-refractivity contribution in [2.45, 2.75) is 19.8 Å². The second-order valence-corrected chi connectivity index (χ2v) is 3.93. The molecule has 0 aromatic carbocycles. The van der Waals surface area contributed by atoms with Gasteiger partial charge in [0, 0.05) is 13.2 Å². The van der Waals surface area contributed by atoms with Gasteiger partial charge in [0.1, 0.15) is 0 Å². The number of aliphatic hydroxyl groups is 1. The van der Waals surface area contributed by atoms with E-state index in [2.05, 4.69) is 15.3 Å². The average molecular weight is 255 g/mol. The second-order valence-electron chi connectivity index (χ2n) is 3.93. The van der Waals surface area contributed by atoms with Gasteiger partial charge in [-0.25, -0.2) is 9.78 Å². The van der Waals surface area contributed by atoms with Gasteiger partial charge < -0.3 is 20.5 Å². The molecule has 4 N–H and O–H groups in total. The van der Waals surface area contributed by atoms with Gasteiger partial charge in [-0.15, -0.1) is 0 Å². The zero-order chi connectivity index (χ0) is 13.5. The monoisotopic (exact) mass is 255 g/mol. The predicted octanol–water partition coefficient (Wildman–Crippen LogP) is 0.246. The van der Waals surface area contributed by atoms with Crippen LogP contribution in [0.15, 0.2) is 6.33 Å². The van der Waals surface area contributed by atoms with E-state index in [9.17, 15) is 9.59 Å². The number of aromatic nitrogens is 2. The molecule has 0 saturated carbocycles. The molecule has 0 aliphatic heterocycles. The summed E-state index contributed by atoms with van der Waals surface area (Å²) in [4.78, 5) is 28.6. The Labute approximate surface area is 104 Å². The molecular weight excluding hydrogens is 238 g/mol. The molecular formula is C11H17N3O4. The Morgan fingerprint density at radius 3 is 2.83 bits per heavy atom. The largest absolute Gasteiger partial charge is 0.477 e. The number of carbonyl (C=O) groups excluding carboxylic acids is 1. The fourth-order valence-corrected chi connectivity index (χ4v) is 1.58. The highest BCUT2D eigenvalue weighted by Gasteiger charge is 2.20. The summed E-state index contributed by atoms with van der Waals surface area (Å²) >= 11 is 0. The highest BCUT2D eigenvalue weighted by atomic mass is 16.4. The zero-order valence-electron chi connectivity index (χ0n) is 10.1. The summed E-state index contributed by atoms with van der Waals surface area (Å²) in [6, 6.07) is 0. The van der Waals surface area contributed by atoms with Crippen LogP contribution >= 0.6 is 0 Å². The molecule has 1 amide bonds. The molecule has 1 unspecified atom stereocenters. The predicted molar refractivity (Wildman–Crippen MR) is 63.4 cm³/mol. The smallest absolute Gasteiger partial charge is 0.354 e. The number of amides is 1. The van der Waals surface area contributed by atoms with Gasteiger partial charge >= 0.3 is 5.97 Å². The minimum Gasteiger partial charge on any atom is -0.477 e. The van der Waals surface area contributed by atoms with Crippen molar-refractivity contribution >= 4 is 11.9 Å². The minimum absolute atomic E-state index is 0.0666. The Morgan fingerprint density at radius 1 is 1.56 bits per heavy atom. The molecule has 0 spiro atoms. The third kappa shape index (κ3) is 3.56. The van der Waals surface area contributed by atoms with E-state index in [4.69, 9.17) is 10.2 Å². The van der Waals surface area contributed by atoms with Crippen molar-refractivity contribution in [2.75, 3.05) is 13.2 Å². The van der Waals surface area contributed by atoms with E-state index in [-0.39, 0.29) is 23.9 Å². The minimum atomic E-state index is -1.22. The van der Waals surface area contributed by atoms with Crippen molar-refractivity contribution in [1.29, 1.82) is 0 Å². The Balaban J connectivity index is 2.60. The first kappa shape index (κ1) is 14.2. The number of H-pyrrole nitrogens is 1. The van der Waals surface area contributed by atoms with Crippen molar-refractivity contribution in [3.8, 4) is 0 Å². The van der Waals surface area contributed by atoms with Gasteiger partial charge in [-0.3, -0.25) is 4.79 Å². The van der Waals surface area contributed by atoms with Gasteiger partial charge in [0.15, 0.2) is 11.4 Å². The first-order valence-corrected chi connectivity index (χ1v) is 5.75. The number of carboxylic acid groups (broad SMARTS) is 1. The number of nitrogens with zero attached hydrogens (tertiary/aromatic N) is 1. The number of hydrogen-bond acceptors (Lipinski definition) is 4. The lowest BCUT2D eigenvalue weighted by atomic mass is 10.0. The summed E-state index contributed by atoms with van der Waals surface area (Å²) in [6.07, 6.45) is 2.60. The molecule has 0 saturated heterocycles. The van der Waals surface area contributed by atoms with Gasteiger partial charge in [0.25, 0.3) is 5.91 Å². The molecule has 0 aliphatic carbocycles. The van der Waals surface area contributed by atoms with E-state index in [1.165, 1.54) is 6.33 Å². The zero-order valence-corrected chi connectivity index (χ0v) is 10.1. The van der Waals surface area contributed by atoms with E-state index < -0.39 is 11.9 Å². The van der Waals surface area contributed by atoms with Gasteiger partial charge in [0.05, 0.1) is 6.33 Å². The summed E-state index contributed by atoms with van der Waals surface area (Å²) < 4.78 is 0. The van der Waals surface area contributed by atoms with Crippen LogP contribution in [0.5, 0.6) is 0 Å². The number of rotatable bonds is 7. The fraction of sp³-hybridized carbons (Fsp3) is 0.545. The molecule has 0 bridgehead atoms. The highest BCUT2D eigenvalue weighted by molar-refractivity contribution is 6.02. The van der Waals surface area contributed by atoms with Gasteiger partial charge in [-0.05, 0) is 12.3 Å². The van der Waals surface area contributed by atoms with Crippen molar-refractivity contribution in [1.82, 2.24) is 15.3 Å². The Hall–Kier alpha value is -1.89.